The third-order valence-corrected chi connectivity index (χ3v) is 12.2. The number of esters is 3. The number of unbranched alkanes of at least 4 members (excludes halogenated alkanes) is 21. The first kappa shape index (κ1) is 67.8. The van der Waals surface area contributed by atoms with E-state index in [1.54, 1.807) is 0 Å². The summed E-state index contributed by atoms with van der Waals surface area (Å²) >= 11 is 0. The minimum absolute atomic E-state index is 0.102. The second-order valence-electron chi connectivity index (χ2n) is 19.1. The average molecular weight is 998 g/mol. The number of allylic oxidation sites excluding steroid dienone is 20. The van der Waals surface area contributed by atoms with Crippen LogP contribution in [-0.2, 0) is 28.6 Å². The fraction of sp³-hybridized carbons (Fsp3) is 0.652. The Balaban J connectivity index is 4.46. The van der Waals surface area contributed by atoms with Gasteiger partial charge in [-0.2, -0.15) is 0 Å². The number of ether oxygens (including phenoxy) is 3. The van der Waals surface area contributed by atoms with Crippen molar-refractivity contribution >= 4 is 17.9 Å². The van der Waals surface area contributed by atoms with Crippen molar-refractivity contribution in [2.24, 2.45) is 0 Å². The van der Waals surface area contributed by atoms with Gasteiger partial charge in [0, 0.05) is 19.3 Å². The molecule has 0 radical (unpaired) electrons. The Labute approximate surface area is 443 Å². The molecule has 0 aromatic heterocycles. The summed E-state index contributed by atoms with van der Waals surface area (Å²) in [5, 5.41) is 0. The molecule has 72 heavy (non-hydrogen) atoms. The van der Waals surface area contributed by atoms with Crippen LogP contribution in [0.4, 0.5) is 0 Å². The molecule has 1 atom stereocenters. The number of carbonyl (C=O) groups is 3. The van der Waals surface area contributed by atoms with Crippen LogP contribution >= 0.6 is 0 Å². The second kappa shape index (κ2) is 59.4. The molecule has 0 aliphatic heterocycles. The zero-order chi connectivity index (χ0) is 52.2. The van der Waals surface area contributed by atoms with E-state index >= 15 is 0 Å². The van der Waals surface area contributed by atoms with Crippen LogP contribution in [0.3, 0.4) is 0 Å². The van der Waals surface area contributed by atoms with E-state index < -0.39 is 6.10 Å². The van der Waals surface area contributed by atoms with Crippen molar-refractivity contribution in [2.75, 3.05) is 13.2 Å². The predicted molar refractivity (Wildman–Crippen MR) is 311 cm³/mol. The van der Waals surface area contributed by atoms with Crippen LogP contribution in [0.2, 0.25) is 0 Å². The number of rotatable bonds is 52. The number of hydrogen-bond donors (Lipinski definition) is 0. The van der Waals surface area contributed by atoms with Crippen LogP contribution in [0.25, 0.3) is 0 Å². The van der Waals surface area contributed by atoms with Crippen molar-refractivity contribution < 1.29 is 28.6 Å². The van der Waals surface area contributed by atoms with Gasteiger partial charge in [0.2, 0.25) is 0 Å². The molecule has 408 valence electrons. The molecule has 0 aliphatic rings. The lowest BCUT2D eigenvalue weighted by Gasteiger charge is -2.18. The maximum Gasteiger partial charge on any atom is 0.306 e. The molecule has 0 aliphatic carbocycles. The van der Waals surface area contributed by atoms with Crippen molar-refractivity contribution in [2.45, 2.75) is 264 Å². The molecule has 0 amide bonds. The fourth-order valence-corrected chi connectivity index (χ4v) is 7.81. The van der Waals surface area contributed by atoms with Crippen molar-refractivity contribution in [3.63, 3.8) is 0 Å². The van der Waals surface area contributed by atoms with Gasteiger partial charge in [-0.05, 0) is 128 Å². The standard InChI is InChI=1S/C66H108O6/c1-4-7-10-13-16-19-22-25-28-30-32-33-34-36-38-41-44-47-50-53-56-59-65(68)71-62-63(61-70-64(67)58-55-52-49-46-43-40-37-27-24-21-18-15-12-9-6-3)72-66(69)60-57-54-51-48-45-42-39-35-31-29-26-23-20-17-14-11-8-5-2/h7,9-10,12,16,18-21,23,25,27-29,31-33,37,43,46,63H,4-6,8,11,13-15,17,22,24,26,30,34-36,38-42,44-45,47-62H2,1-3H3/b10-7-,12-9-,19-16-,21-18-,23-20-,28-25-,31-29-,33-32-,37-27-,46-43-. The summed E-state index contributed by atoms with van der Waals surface area (Å²) < 4.78 is 16.8. The van der Waals surface area contributed by atoms with Gasteiger partial charge in [-0.1, -0.05) is 232 Å². The highest BCUT2D eigenvalue weighted by molar-refractivity contribution is 5.71. The summed E-state index contributed by atoms with van der Waals surface area (Å²) in [4.78, 5) is 38.2. The Hall–Kier alpha value is -4.19. The van der Waals surface area contributed by atoms with E-state index in [9.17, 15) is 14.4 Å². The maximum atomic E-state index is 12.9. The van der Waals surface area contributed by atoms with E-state index in [0.29, 0.717) is 19.3 Å². The van der Waals surface area contributed by atoms with Gasteiger partial charge >= 0.3 is 17.9 Å². The molecule has 0 heterocycles. The van der Waals surface area contributed by atoms with E-state index in [-0.39, 0.29) is 31.1 Å². The second-order valence-corrected chi connectivity index (χ2v) is 19.1. The summed E-state index contributed by atoms with van der Waals surface area (Å²) in [6.45, 7) is 6.35. The van der Waals surface area contributed by atoms with Gasteiger partial charge in [0.05, 0.1) is 0 Å². The Morgan fingerprint density at radius 1 is 0.292 bits per heavy atom. The molecule has 6 heteroatoms. The first-order valence-corrected chi connectivity index (χ1v) is 29.5. The molecule has 0 N–H and O–H groups in total. The lowest BCUT2D eigenvalue weighted by Crippen LogP contribution is -2.30. The largest absolute Gasteiger partial charge is 0.462 e. The minimum Gasteiger partial charge on any atom is -0.462 e. The molecule has 0 aromatic carbocycles. The topological polar surface area (TPSA) is 78.9 Å². The summed E-state index contributed by atoms with van der Waals surface area (Å²) in [5.41, 5.74) is 0. The van der Waals surface area contributed by atoms with Crippen molar-refractivity contribution in [3.05, 3.63) is 122 Å². The third-order valence-electron chi connectivity index (χ3n) is 12.2. The average Bonchev–Trinajstić information content (AvgIpc) is 3.38. The molecular formula is C66H108O6. The molecule has 0 fully saturated rings. The highest BCUT2D eigenvalue weighted by atomic mass is 16.6. The monoisotopic (exact) mass is 997 g/mol. The van der Waals surface area contributed by atoms with Crippen molar-refractivity contribution in [3.8, 4) is 0 Å². The van der Waals surface area contributed by atoms with Gasteiger partial charge in [-0.15, -0.1) is 0 Å². The number of hydrogen-bond acceptors (Lipinski definition) is 6. The van der Waals surface area contributed by atoms with Gasteiger partial charge < -0.3 is 14.2 Å². The number of carbonyl (C=O) groups excluding carboxylic acids is 3. The quantitative estimate of drug-likeness (QED) is 0.0261. The van der Waals surface area contributed by atoms with Crippen molar-refractivity contribution in [1.29, 1.82) is 0 Å². The van der Waals surface area contributed by atoms with E-state index in [1.807, 2.05) is 0 Å². The van der Waals surface area contributed by atoms with Crippen LogP contribution in [0.15, 0.2) is 122 Å². The summed E-state index contributed by atoms with van der Waals surface area (Å²) in [6, 6.07) is 0. The SMILES string of the molecule is CC/C=C\C/C=C\C/C=C\C/C=C\CCCCCCCCCCC(=O)OCC(COC(=O)CCCC/C=C\C/C=C\C/C=C\C/C=C\CC)OC(=O)CCCCCCCCC/C=C\C/C=C\CCCCCC. The molecule has 0 aromatic rings. The Bertz CT molecular complexity index is 1520. The lowest BCUT2D eigenvalue weighted by atomic mass is 10.1. The van der Waals surface area contributed by atoms with Gasteiger partial charge in [-0.25, -0.2) is 0 Å². The highest BCUT2D eigenvalue weighted by Gasteiger charge is 2.19. The zero-order valence-electron chi connectivity index (χ0n) is 46.7. The predicted octanol–water partition coefficient (Wildman–Crippen LogP) is 20.0. The fourth-order valence-electron chi connectivity index (χ4n) is 7.81. The van der Waals surface area contributed by atoms with Crippen LogP contribution in [0.1, 0.15) is 258 Å². The maximum absolute atomic E-state index is 12.9. The third kappa shape index (κ3) is 56.7. The van der Waals surface area contributed by atoms with Crippen LogP contribution in [0.5, 0.6) is 0 Å². The first-order chi connectivity index (χ1) is 35.5. The molecular weight excluding hydrogens is 889 g/mol. The molecule has 1 unspecified atom stereocenters. The zero-order valence-corrected chi connectivity index (χ0v) is 46.7. The Morgan fingerprint density at radius 2 is 0.542 bits per heavy atom. The van der Waals surface area contributed by atoms with Gasteiger partial charge in [0.15, 0.2) is 6.10 Å². The summed E-state index contributed by atoms with van der Waals surface area (Å²) in [7, 11) is 0. The summed E-state index contributed by atoms with van der Waals surface area (Å²) in [5.74, 6) is -0.960. The van der Waals surface area contributed by atoms with Gasteiger partial charge in [-0.3, -0.25) is 14.4 Å². The van der Waals surface area contributed by atoms with Crippen LogP contribution in [-0.4, -0.2) is 37.2 Å². The normalized spacial score (nSPS) is 13.0. The first-order valence-electron chi connectivity index (χ1n) is 29.5. The van der Waals surface area contributed by atoms with Gasteiger partial charge in [0.25, 0.3) is 0 Å². The molecule has 0 bridgehead atoms. The van der Waals surface area contributed by atoms with E-state index in [1.165, 1.54) is 89.9 Å². The van der Waals surface area contributed by atoms with E-state index in [0.717, 1.165) is 128 Å². The Kier molecular flexibility index (Phi) is 55.9. The molecule has 0 rings (SSSR count). The molecule has 0 saturated carbocycles. The minimum atomic E-state index is -0.807. The highest BCUT2D eigenvalue weighted by Crippen LogP contribution is 2.14. The van der Waals surface area contributed by atoms with Crippen LogP contribution < -0.4 is 0 Å². The Morgan fingerprint density at radius 3 is 0.875 bits per heavy atom. The smallest absolute Gasteiger partial charge is 0.306 e. The molecule has 0 saturated heterocycles. The van der Waals surface area contributed by atoms with Crippen molar-refractivity contribution in [1.82, 2.24) is 0 Å². The molecule has 0 spiro atoms. The van der Waals surface area contributed by atoms with Crippen LogP contribution in [0, 0.1) is 0 Å². The lowest BCUT2D eigenvalue weighted by molar-refractivity contribution is -0.167. The summed E-state index contributed by atoms with van der Waals surface area (Å²) in [6.07, 6.45) is 81.9. The molecule has 6 nitrogen and oxygen atoms in total. The van der Waals surface area contributed by atoms with Gasteiger partial charge in [0.1, 0.15) is 13.2 Å². The van der Waals surface area contributed by atoms with E-state index in [4.69, 9.17) is 14.2 Å². The van der Waals surface area contributed by atoms with E-state index in [2.05, 4.69) is 142 Å².